The molecule has 0 fully saturated rings. The SMILES string of the molecule is CC(C)S(=O)(=O)Nc1ccc2c(c1)C(=O)Nc1ccccc1O2. The molecule has 2 aromatic rings. The quantitative estimate of drug-likeness (QED) is 0.904. The van der Waals surface area contributed by atoms with Gasteiger partial charge in [-0.05, 0) is 44.2 Å². The van der Waals surface area contributed by atoms with Crippen LogP contribution in [0.4, 0.5) is 11.4 Å². The Morgan fingerprint density at radius 2 is 1.83 bits per heavy atom. The maximum Gasteiger partial charge on any atom is 0.259 e. The zero-order valence-corrected chi connectivity index (χ0v) is 13.5. The predicted molar refractivity (Wildman–Crippen MR) is 88.6 cm³/mol. The molecule has 7 heteroatoms. The van der Waals surface area contributed by atoms with Crippen LogP contribution in [0.2, 0.25) is 0 Å². The van der Waals surface area contributed by atoms with E-state index in [1.165, 1.54) is 6.07 Å². The highest BCUT2D eigenvalue weighted by Crippen LogP contribution is 2.36. The van der Waals surface area contributed by atoms with Gasteiger partial charge in [-0.2, -0.15) is 0 Å². The number of rotatable bonds is 3. The van der Waals surface area contributed by atoms with E-state index in [1.54, 1.807) is 50.2 Å². The second kappa shape index (κ2) is 5.58. The molecule has 0 unspecified atom stereocenters. The number of nitrogens with one attached hydrogen (secondary N) is 2. The zero-order valence-electron chi connectivity index (χ0n) is 12.7. The van der Waals surface area contributed by atoms with E-state index >= 15 is 0 Å². The standard InChI is InChI=1S/C16H16N2O4S/c1-10(2)23(20,21)18-11-7-8-14-12(9-11)16(19)17-13-5-3-4-6-15(13)22-14/h3-10,18H,1-2H3,(H,17,19). The predicted octanol–water partition coefficient (Wildman–Crippen LogP) is 3.19. The largest absolute Gasteiger partial charge is 0.454 e. The molecule has 0 atom stereocenters. The molecule has 0 saturated carbocycles. The summed E-state index contributed by atoms with van der Waals surface area (Å²) >= 11 is 0. The van der Waals surface area contributed by atoms with Crippen LogP contribution in [0.25, 0.3) is 0 Å². The number of amides is 1. The van der Waals surface area contributed by atoms with Gasteiger partial charge in [0.2, 0.25) is 10.0 Å². The minimum Gasteiger partial charge on any atom is -0.454 e. The van der Waals surface area contributed by atoms with Crippen molar-refractivity contribution in [3.8, 4) is 11.5 Å². The van der Waals surface area contributed by atoms with Gasteiger partial charge in [-0.15, -0.1) is 0 Å². The van der Waals surface area contributed by atoms with Crippen molar-refractivity contribution in [3.63, 3.8) is 0 Å². The van der Waals surface area contributed by atoms with Crippen molar-refractivity contribution in [1.29, 1.82) is 0 Å². The van der Waals surface area contributed by atoms with E-state index in [4.69, 9.17) is 4.74 Å². The highest BCUT2D eigenvalue weighted by atomic mass is 32.2. The number of fused-ring (bicyclic) bond motifs is 2. The molecule has 0 aromatic heterocycles. The second-order valence-corrected chi connectivity index (χ2v) is 7.70. The third kappa shape index (κ3) is 3.00. The molecular formula is C16H16N2O4S. The molecule has 23 heavy (non-hydrogen) atoms. The number of sulfonamides is 1. The third-order valence-electron chi connectivity index (χ3n) is 3.46. The molecule has 1 amide bonds. The maximum absolute atomic E-state index is 12.4. The van der Waals surface area contributed by atoms with Gasteiger partial charge in [0, 0.05) is 5.69 Å². The Morgan fingerprint density at radius 1 is 1.09 bits per heavy atom. The number of carbonyl (C=O) groups excluding carboxylic acids is 1. The molecule has 1 heterocycles. The molecule has 3 rings (SSSR count). The fourth-order valence-electron chi connectivity index (χ4n) is 2.11. The van der Waals surface area contributed by atoms with Crippen LogP contribution in [0.5, 0.6) is 11.5 Å². The molecule has 0 spiro atoms. The van der Waals surface area contributed by atoms with Gasteiger partial charge >= 0.3 is 0 Å². The molecule has 0 saturated heterocycles. The lowest BCUT2D eigenvalue weighted by Crippen LogP contribution is -2.22. The summed E-state index contributed by atoms with van der Waals surface area (Å²) in [6, 6.07) is 11.7. The van der Waals surface area contributed by atoms with Crippen molar-refractivity contribution in [2.45, 2.75) is 19.1 Å². The molecule has 2 aromatic carbocycles. The normalized spacial score (nSPS) is 13.4. The average Bonchev–Trinajstić information content (AvgIpc) is 2.63. The molecule has 1 aliphatic rings. The minimum atomic E-state index is -3.48. The Bertz CT molecular complexity index is 875. The van der Waals surface area contributed by atoms with Crippen molar-refractivity contribution < 1.29 is 17.9 Å². The summed E-state index contributed by atoms with van der Waals surface area (Å²) < 4.78 is 32.1. The zero-order chi connectivity index (χ0) is 16.6. The van der Waals surface area contributed by atoms with Crippen molar-refractivity contribution >= 4 is 27.3 Å². The highest BCUT2D eigenvalue weighted by molar-refractivity contribution is 7.93. The molecule has 0 aliphatic carbocycles. The average molecular weight is 332 g/mol. The summed E-state index contributed by atoms with van der Waals surface area (Å²) in [5, 5.41) is 2.18. The molecule has 0 bridgehead atoms. The van der Waals surface area contributed by atoms with E-state index in [2.05, 4.69) is 10.0 Å². The summed E-state index contributed by atoms with van der Waals surface area (Å²) in [5.74, 6) is 0.561. The number of para-hydroxylation sites is 2. The first-order valence-electron chi connectivity index (χ1n) is 7.11. The summed E-state index contributed by atoms with van der Waals surface area (Å²) in [5.41, 5.74) is 1.16. The van der Waals surface area contributed by atoms with Crippen LogP contribution < -0.4 is 14.8 Å². The second-order valence-electron chi connectivity index (χ2n) is 5.46. The van der Waals surface area contributed by atoms with Crippen molar-refractivity contribution in [1.82, 2.24) is 0 Å². The molecule has 0 radical (unpaired) electrons. The Kier molecular flexibility index (Phi) is 3.73. The van der Waals surface area contributed by atoms with Gasteiger partial charge in [-0.3, -0.25) is 9.52 Å². The molecule has 1 aliphatic heterocycles. The number of ether oxygens (including phenoxy) is 1. The van der Waals surface area contributed by atoms with E-state index in [1.807, 2.05) is 0 Å². The summed E-state index contributed by atoms with van der Waals surface area (Å²) in [6.45, 7) is 3.16. The van der Waals surface area contributed by atoms with E-state index in [0.717, 1.165) is 0 Å². The van der Waals surface area contributed by atoms with Crippen LogP contribution in [-0.2, 0) is 10.0 Å². The van der Waals surface area contributed by atoms with E-state index in [9.17, 15) is 13.2 Å². The fourth-order valence-corrected chi connectivity index (χ4v) is 2.80. The smallest absolute Gasteiger partial charge is 0.259 e. The van der Waals surface area contributed by atoms with Gasteiger partial charge in [-0.1, -0.05) is 12.1 Å². The van der Waals surface area contributed by atoms with Gasteiger partial charge in [-0.25, -0.2) is 8.42 Å². The third-order valence-corrected chi connectivity index (χ3v) is 5.22. The number of benzene rings is 2. The van der Waals surface area contributed by atoms with Gasteiger partial charge in [0.1, 0.15) is 5.75 Å². The van der Waals surface area contributed by atoms with Crippen LogP contribution >= 0.6 is 0 Å². The molecule has 2 N–H and O–H groups in total. The summed E-state index contributed by atoms with van der Waals surface area (Å²) in [6.07, 6.45) is 0. The monoisotopic (exact) mass is 332 g/mol. The van der Waals surface area contributed by atoms with Gasteiger partial charge in [0.15, 0.2) is 5.75 Å². The van der Waals surface area contributed by atoms with Crippen LogP contribution in [-0.4, -0.2) is 19.6 Å². The molecule has 6 nitrogen and oxygen atoms in total. The fraction of sp³-hybridized carbons (Fsp3) is 0.188. The van der Waals surface area contributed by atoms with Crippen LogP contribution in [0.1, 0.15) is 24.2 Å². The first-order valence-corrected chi connectivity index (χ1v) is 8.65. The number of carbonyl (C=O) groups is 1. The Balaban J connectivity index is 1.98. The maximum atomic E-state index is 12.4. The van der Waals surface area contributed by atoms with Crippen molar-refractivity contribution in [2.75, 3.05) is 10.0 Å². The van der Waals surface area contributed by atoms with Crippen LogP contribution in [0.15, 0.2) is 42.5 Å². The summed E-state index contributed by atoms with van der Waals surface area (Å²) in [4.78, 5) is 12.4. The van der Waals surface area contributed by atoms with E-state index in [-0.39, 0.29) is 11.5 Å². The van der Waals surface area contributed by atoms with Gasteiger partial charge in [0.25, 0.3) is 5.91 Å². The number of anilines is 2. The van der Waals surface area contributed by atoms with Crippen molar-refractivity contribution in [2.24, 2.45) is 0 Å². The Morgan fingerprint density at radius 3 is 2.57 bits per heavy atom. The van der Waals surface area contributed by atoms with Gasteiger partial charge in [0.05, 0.1) is 16.5 Å². The van der Waals surface area contributed by atoms with Crippen molar-refractivity contribution in [3.05, 3.63) is 48.0 Å². The van der Waals surface area contributed by atoms with E-state index < -0.39 is 15.3 Å². The van der Waals surface area contributed by atoms with Gasteiger partial charge < -0.3 is 10.1 Å². The lowest BCUT2D eigenvalue weighted by Gasteiger charge is -2.12. The lowest BCUT2D eigenvalue weighted by molar-refractivity contribution is 0.102. The first kappa shape index (κ1) is 15.4. The number of hydrogen-bond donors (Lipinski definition) is 2. The molecule has 120 valence electrons. The van der Waals surface area contributed by atoms with Crippen LogP contribution in [0, 0.1) is 0 Å². The topological polar surface area (TPSA) is 84.5 Å². The Labute approximate surface area is 134 Å². The van der Waals surface area contributed by atoms with E-state index in [0.29, 0.717) is 22.9 Å². The van der Waals surface area contributed by atoms with Crippen LogP contribution in [0.3, 0.4) is 0 Å². The summed E-state index contributed by atoms with van der Waals surface area (Å²) in [7, 11) is -3.48. The lowest BCUT2D eigenvalue weighted by atomic mass is 10.1. The number of hydrogen-bond acceptors (Lipinski definition) is 4. The highest BCUT2D eigenvalue weighted by Gasteiger charge is 2.22. The minimum absolute atomic E-state index is 0.269. The Hall–Kier alpha value is -2.54. The first-order chi connectivity index (χ1) is 10.9. The molecular weight excluding hydrogens is 316 g/mol.